The minimum atomic E-state index is 0.0371. The lowest BCUT2D eigenvalue weighted by molar-refractivity contribution is -0.126. The number of rotatable bonds is 3. The van der Waals surface area contributed by atoms with Crippen molar-refractivity contribution >= 4 is 11.7 Å². The van der Waals surface area contributed by atoms with Crippen LogP contribution in [0.15, 0.2) is 18.3 Å². The number of anilines is 1. The lowest BCUT2D eigenvalue weighted by Gasteiger charge is -2.12. The molecule has 0 bridgehead atoms. The molecule has 1 rings (SSSR count). The number of amides is 1. The van der Waals surface area contributed by atoms with Crippen LogP contribution in [0.5, 0.6) is 0 Å². The molecule has 0 atom stereocenters. The Bertz CT molecular complexity index is 323. The Kier molecular flexibility index (Phi) is 3.45. The standard InChI is InChI=1S/C10H15N3O/c1-8-5-4-6-11-10(8)12-7-9(14)13(2)3/h4-6H,7H2,1-3H3,(H,11,12). The molecule has 14 heavy (non-hydrogen) atoms. The number of pyridine rings is 1. The topological polar surface area (TPSA) is 45.2 Å². The number of aryl methyl sites for hydroxylation is 1. The van der Waals surface area contributed by atoms with E-state index < -0.39 is 0 Å². The van der Waals surface area contributed by atoms with Gasteiger partial charge in [0.1, 0.15) is 5.82 Å². The van der Waals surface area contributed by atoms with Crippen molar-refractivity contribution in [3.63, 3.8) is 0 Å². The van der Waals surface area contributed by atoms with Gasteiger partial charge in [-0.05, 0) is 18.6 Å². The summed E-state index contributed by atoms with van der Waals surface area (Å²) in [5.41, 5.74) is 1.04. The summed E-state index contributed by atoms with van der Waals surface area (Å²) < 4.78 is 0. The second-order valence-electron chi connectivity index (χ2n) is 3.31. The number of hydrogen-bond donors (Lipinski definition) is 1. The first-order valence-electron chi connectivity index (χ1n) is 4.47. The van der Waals surface area contributed by atoms with Crippen LogP contribution in [-0.4, -0.2) is 36.4 Å². The fourth-order valence-electron chi connectivity index (χ4n) is 0.988. The summed E-state index contributed by atoms with van der Waals surface area (Å²) in [5, 5.41) is 2.99. The highest BCUT2D eigenvalue weighted by Crippen LogP contribution is 2.08. The predicted octanol–water partition coefficient (Wildman–Crippen LogP) is 0.890. The number of likely N-dealkylation sites (N-methyl/N-ethyl adjacent to an activating group) is 1. The molecule has 0 saturated carbocycles. The lowest BCUT2D eigenvalue weighted by atomic mass is 10.3. The zero-order chi connectivity index (χ0) is 10.6. The van der Waals surface area contributed by atoms with E-state index in [1.807, 2.05) is 19.1 Å². The molecule has 0 unspecified atom stereocenters. The highest BCUT2D eigenvalue weighted by Gasteiger charge is 2.04. The Morgan fingerprint density at radius 3 is 2.86 bits per heavy atom. The highest BCUT2D eigenvalue weighted by atomic mass is 16.2. The van der Waals surface area contributed by atoms with Crippen LogP contribution < -0.4 is 5.32 Å². The van der Waals surface area contributed by atoms with Crippen molar-refractivity contribution in [2.24, 2.45) is 0 Å². The monoisotopic (exact) mass is 193 g/mol. The van der Waals surface area contributed by atoms with Gasteiger partial charge in [-0.1, -0.05) is 6.07 Å². The molecule has 0 aromatic carbocycles. The molecular formula is C10H15N3O. The maximum Gasteiger partial charge on any atom is 0.241 e. The van der Waals surface area contributed by atoms with Crippen molar-refractivity contribution in [3.05, 3.63) is 23.9 Å². The van der Waals surface area contributed by atoms with Gasteiger partial charge in [-0.3, -0.25) is 4.79 Å². The average Bonchev–Trinajstić information content (AvgIpc) is 2.16. The van der Waals surface area contributed by atoms with Gasteiger partial charge in [0, 0.05) is 20.3 Å². The van der Waals surface area contributed by atoms with Crippen molar-refractivity contribution in [1.29, 1.82) is 0 Å². The molecule has 1 aromatic heterocycles. The van der Waals surface area contributed by atoms with E-state index in [0.29, 0.717) is 0 Å². The van der Waals surface area contributed by atoms with E-state index >= 15 is 0 Å². The third-order valence-electron chi connectivity index (χ3n) is 1.92. The summed E-state index contributed by atoms with van der Waals surface area (Å²) in [4.78, 5) is 16.9. The van der Waals surface area contributed by atoms with Crippen molar-refractivity contribution < 1.29 is 4.79 Å². The minimum absolute atomic E-state index is 0.0371. The van der Waals surface area contributed by atoms with Gasteiger partial charge in [-0.2, -0.15) is 0 Å². The number of hydrogen-bond acceptors (Lipinski definition) is 3. The van der Waals surface area contributed by atoms with E-state index in [-0.39, 0.29) is 12.5 Å². The van der Waals surface area contributed by atoms with Crippen LogP contribution >= 0.6 is 0 Å². The Labute approximate surface area is 83.9 Å². The molecule has 1 amide bonds. The van der Waals surface area contributed by atoms with Crippen LogP contribution in [0.4, 0.5) is 5.82 Å². The molecule has 0 aliphatic rings. The molecule has 0 saturated heterocycles. The summed E-state index contributed by atoms with van der Waals surface area (Å²) >= 11 is 0. The van der Waals surface area contributed by atoms with Crippen LogP contribution in [0.2, 0.25) is 0 Å². The molecule has 0 aliphatic heterocycles. The normalized spacial score (nSPS) is 9.64. The second kappa shape index (κ2) is 4.60. The number of carbonyl (C=O) groups is 1. The SMILES string of the molecule is Cc1cccnc1NCC(=O)N(C)C. The van der Waals surface area contributed by atoms with Crippen LogP contribution in [0.3, 0.4) is 0 Å². The molecule has 1 heterocycles. The number of nitrogens with zero attached hydrogens (tertiary/aromatic N) is 2. The smallest absolute Gasteiger partial charge is 0.241 e. The van der Waals surface area contributed by atoms with Crippen LogP contribution in [0, 0.1) is 6.92 Å². The predicted molar refractivity (Wildman–Crippen MR) is 56.2 cm³/mol. The molecule has 4 nitrogen and oxygen atoms in total. The van der Waals surface area contributed by atoms with E-state index in [9.17, 15) is 4.79 Å². The maximum atomic E-state index is 11.3. The van der Waals surface area contributed by atoms with Gasteiger partial charge >= 0.3 is 0 Å². The van der Waals surface area contributed by atoms with Crippen LogP contribution in [0.1, 0.15) is 5.56 Å². The van der Waals surface area contributed by atoms with Gasteiger partial charge < -0.3 is 10.2 Å². The molecule has 0 spiro atoms. The first-order chi connectivity index (χ1) is 6.61. The minimum Gasteiger partial charge on any atom is -0.361 e. The third-order valence-corrected chi connectivity index (χ3v) is 1.92. The van der Waals surface area contributed by atoms with Gasteiger partial charge in [0.15, 0.2) is 0 Å². The quantitative estimate of drug-likeness (QED) is 0.775. The first kappa shape index (κ1) is 10.5. The Morgan fingerprint density at radius 1 is 1.57 bits per heavy atom. The van der Waals surface area contributed by atoms with Gasteiger partial charge in [-0.25, -0.2) is 4.98 Å². The van der Waals surface area contributed by atoms with E-state index in [2.05, 4.69) is 10.3 Å². The molecule has 76 valence electrons. The van der Waals surface area contributed by atoms with Crippen molar-refractivity contribution in [2.75, 3.05) is 26.0 Å². The largest absolute Gasteiger partial charge is 0.361 e. The molecule has 1 N–H and O–H groups in total. The molecule has 0 radical (unpaired) electrons. The molecule has 0 aliphatic carbocycles. The first-order valence-corrected chi connectivity index (χ1v) is 4.47. The Morgan fingerprint density at radius 2 is 2.29 bits per heavy atom. The summed E-state index contributed by atoms with van der Waals surface area (Å²) in [6.07, 6.45) is 1.70. The molecule has 0 fully saturated rings. The van der Waals surface area contributed by atoms with E-state index in [0.717, 1.165) is 11.4 Å². The highest BCUT2D eigenvalue weighted by molar-refractivity contribution is 5.80. The summed E-state index contributed by atoms with van der Waals surface area (Å²) in [6.45, 7) is 2.24. The molecule has 1 aromatic rings. The van der Waals surface area contributed by atoms with Gasteiger partial charge in [0.2, 0.25) is 5.91 Å². The Balaban J connectivity index is 2.54. The van der Waals surface area contributed by atoms with E-state index in [4.69, 9.17) is 0 Å². The zero-order valence-corrected chi connectivity index (χ0v) is 8.74. The number of carbonyl (C=O) groups excluding carboxylic acids is 1. The van der Waals surface area contributed by atoms with Crippen molar-refractivity contribution in [3.8, 4) is 0 Å². The van der Waals surface area contributed by atoms with Gasteiger partial charge in [0.25, 0.3) is 0 Å². The molecule has 4 heteroatoms. The average molecular weight is 193 g/mol. The zero-order valence-electron chi connectivity index (χ0n) is 8.74. The third kappa shape index (κ3) is 2.73. The molecular weight excluding hydrogens is 178 g/mol. The summed E-state index contributed by atoms with van der Waals surface area (Å²) in [5.74, 6) is 0.803. The van der Waals surface area contributed by atoms with E-state index in [1.165, 1.54) is 0 Å². The van der Waals surface area contributed by atoms with Crippen LogP contribution in [-0.2, 0) is 4.79 Å². The van der Waals surface area contributed by atoms with E-state index in [1.54, 1.807) is 25.2 Å². The summed E-state index contributed by atoms with van der Waals surface area (Å²) in [7, 11) is 3.46. The second-order valence-corrected chi connectivity index (χ2v) is 3.31. The van der Waals surface area contributed by atoms with Crippen molar-refractivity contribution in [2.45, 2.75) is 6.92 Å². The van der Waals surface area contributed by atoms with Gasteiger partial charge in [0.05, 0.1) is 6.54 Å². The van der Waals surface area contributed by atoms with Gasteiger partial charge in [-0.15, -0.1) is 0 Å². The van der Waals surface area contributed by atoms with Crippen LogP contribution in [0.25, 0.3) is 0 Å². The lowest BCUT2D eigenvalue weighted by Crippen LogP contribution is -2.28. The van der Waals surface area contributed by atoms with Crippen molar-refractivity contribution in [1.82, 2.24) is 9.88 Å². The fraction of sp³-hybridized carbons (Fsp3) is 0.400. The Hall–Kier alpha value is -1.58. The number of aromatic nitrogens is 1. The fourth-order valence-corrected chi connectivity index (χ4v) is 0.988. The summed E-state index contributed by atoms with van der Waals surface area (Å²) in [6, 6.07) is 3.82. The maximum absolute atomic E-state index is 11.3. The number of nitrogens with one attached hydrogen (secondary N) is 1.